The molecule has 2 fully saturated rings. The Bertz CT molecular complexity index is 513. The summed E-state index contributed by atoms with van der Waals surface area (Å²) in [5.41, 5.74) is 1.29. The molecule has 0 N–H and O–H groups in total. The number of rotatable bonds is 5. The Balaban J connectivity index is 1.60. The molecule has 122 valence electrons. The fraction of sp³-hybridized carbons (Fsp3) is 0.765. The van der Waals surface area contributed by atoms with Crippen LogP contribution in [0.3, 0.4) is 0 Å². The second-order valence-corrected chi connectivity index (χ2v) is 6.85. The SMILES string of the molecule is CCCCN1C(=O)CC[C@H]2CN(Cc3cnn(C)c3)CC[C@H]21. The van der Waals surface area contributed by atoms with Crippen molar-refractivity contribution in [3.05, 3.63) is 18.0 Å². The van der Waals surface area contributed by atoms with Crippen LogP contribution in [-0.2, 0) is 18.4 Å². The van der Waals surface area contributed by atoms with Crippen molar-refractivity contribution in [1.82, 2.24) is 19.6 Å². The molecular formula is C17H28N4O. The van der Waals surface area contributed by atoms with E-state index in [4.69, 9.17) is 0 Å². The molecule has 2 aliphatic rings. The number of carbonyl (C=O) groups is 1. The first kappa shape index (κ1) is 15.5. The molecule has 22 heavy (non-hydrogen) atoms. The number of piperidine rings is 2. The van der Waals surface area contributed by atoms with Gasteiger partial charge in [-0.15, -0.1) is 0 Å². The number of aromatic nitrogens is 2. The van der Waals surface area contributed by atoms with Gasteiger partial charge in [0.15, 0.2) is 0 Å². The van der Waals surface area contributed by atoms with Gasteiger partial charge >= 0.3 is 0 Å². The molecule has 5 nitrogen and oxygen atoms in total. The van der Waals surface area contributed by atoms with Gasteiger partial charge in [0, 0.05) is 57.4 Å². The van der Waals surface area contributed by atoms with E-state index in [0.717, 1.165) is 58.3 Å². The predicted octanol–water partition coefficient (Wildman–Crippen LogP) is 2.03. The van der Waals surface area contributed by atoms with E-state index >= 15 is 0 Å². The Morgan fingerprint density at radius 2 is 2.23 bits per heavy atom. The van der Waals surface area contributed by atoms with Crippen molar-refractivity contribution in [3.8, 4) is 0 Å². The summed E-state index contributed by atoms with van der Waals surface area (Å²) in [6.07, 6.45) is 9.29. The van der Waals surface area contributed by atoms with Crippen molar-refractivity contribution in [2.75, 3.05) is 19.6 Å². The first-order valence-corrected chi connectivity index (χ1v) is 8.66. The second-order valence-electron chi connectivity index (χ2n) is 6.85. The highest BCUT2D eigenvalue weighted by atomic mass is 16.2. The van der Waals surface area contributed by atoms with Gasteiger partial charge in [-0.25, -0.2) is 0 Å². The maximum absolute atomic E-state index is 12.2. The van der Waals surface area contributed by atoms with Crippen LogP contribution in [0.1, 0.15) is 44.6 Å². The Labute approximate surface area is 133 Å². The van der Waals surface area contributed by atoms with Crippen molar-refractivity contribution in [2.24, 2.45) is 13.0 Å². The zero-order chi connectivity index (χ0) is 15.5. The Morgan fingerprint density at radius 1 is 1.36 bits per heavy atom. The third-order valence-electron chi connectivity index (χ3n) is 5.14. The highest BCUT2D eigenvalue weighted by molar-refractivity contribution is 5.77. The van der Waals surface area contributed by atoms with Crippen molar-refractivity contribution < 1.29 is 4.79 Å². The molecule has 0 aliphatic carbocycles. The number of unbranched alkanes of at least 4 members (excludes halogenated alkanes) is 1. The minimum Gasteiger partial charge on any atom is -0.339 e. The summed E-state index contributed by atoms with van der Waals surface area (Å²) < 4.78 is 1.87. The lowest BCUT2D eigenvalue weighted by atomic mass is 9.83. The fourth-order valence-electron chi connectivity index (χ4n) is 4.00. The minimum absolute atomic E-state index is 0.385. The molecule has 0 bridgehead atoms. The van der Waals surface area contributed by atoms with Crippen LogP contribution in [0.25, 0.3) is 0 Å². The zero-order valence-electron chi connectivity index (χ0n) is 13.9. The predicted molar refractivity (Wildman–Crippen MR) is 86.2 cm³/mol. The molecule has 1 aromatic rings. The molecule has 1 amide bonds. The van der Waals surface area contributed by atoms with Gasteiger partial charge in [0.1, 0.15) is 0 Å². The summed E-state index contributed by atoms with van der Waals surface area (Å²) in [6.45, 7) is 6.35. The summed E-state index contributed by atoms with van der Waals surface area (Å²) >= 11 is 0. The van der Waals surface area contributed by atoms with Gasteiger partial charge in [-0.3, -0.25) is 14.4 Å². The molecule has 2 saturated heterocycles. The van der Waals surface area contributed by atoms with Gasteiger partial charge in [0.2, 0.25) is 5.91 Å². The normalized spacial score (nSPS) is 26.3. The average molecular weight is 304 g/mol. The van der Waals surface area contributed by atoms with Crippen molar-refractivity contribution in [2.45, 2.75) is 51.6 Å². The van der Waals surface area contributed by atoms with Crippen LogP contribution in [0.5, 0.6) is 0 Å². The fourth-order valence-corrected chi connectivity index (χ4v) is 4.00. The number of carbonyl (C=O) groups excluding carboxylic acids is 1. The standard InChI is InChI=1S/C17H28N4O/c1-3-4-8-21-16-7-9-20(12-14-10-18-19(2)11-14)13-15(16)5-6-17(21)22/h10-11,15-16H,3-9,12-13H2,1-2H3/t15-,16+/m0/s1. The zero-order valence-corrected chi connectivity index (χ0v) is 13.9. The van der Waals surface area contributed by atoms with E-state index in [9.17, 15) is 4.79 Å². The number of amides is 1. The first-order valence-electron chi connectivity index (χ1n) is 8.66. The van der Waals surface area contributed by atoms with E-state index in [2.05, 4.69) is 28.0 Å². The largest absolute Gasteiger partial charge is 0.339 e. The van der Waals surface area contributed by atoms with Crippen LogP contribution in [0.4, 0.5) is 0 Å². The number of hydrogen-bond acceptors (Lipinski definition) is 3. The van der Waals surface area contributed by atoms with Crippen LogP contribution in [0.2, 0.25) is 0 Å². The van der Waals surface area contributed by atoms with Crippen LogP contribution >= 0.6 is 0 Å². The van der Waals surface area contributed by atoms with Crippen molar-refractivity contribution >= 4 is 5.91 Å². The molecule has 3 rings (SSSR count). The van der Waals surface area contributed by atoms with E-state index in [0.29, 0.717) is 17.9 Å². The Kier molecular flexibility index (Phi) is 4.81. The van der Waals surface area contributed by atoms with Gasteiger partial charge in [0.25, 0.3) is 0 Å². The third kappa shape index (κ3) is 3.35. The summed E-state index contributed by atoms with van der Waals surface area (Å²) in [6, 6.07) is 0.484. The van der Waals surface area contributed by atoms with Crippen molar-refractivity contribution in [3.63, 3.8) is 0 Å². The van der Waals surface area contributed by atoms with E-state index in [-0.39, 0.29) is 0 Å². The molecule has 0 saturated carbocycles. The van der Waals surface area contributed by atoms with Crippen LogP contribution in [-0.4, -0.2) is 51.2 Å². The Morgan fingerprint density at radius 3 is 2.95 bits per heavy atom. The van der Waals surface area contributed by atoms with Gasteiger partial charge in [-0.1, -0.05) is 13.3 Å². The smallest absolute Gasteiger partial charge is 0.222 e. The highest BCUT2D eigenvalue weighted by Gasteiger charge is 2.38. The van der Waals surface area contributed by atoms with Crippen molar-refractivity contribution in [1.29, 1.82) is 0 Å². The first-order chi connectivity index (χ1) is 10.7. The summed E-state index contributed by atoms with van der Waals surface area (Å²) in [5, 5.41) is 4.26. The topological polar surface area (TPSA) is 41.4 Å². The lowest BCUT2D eigenvalue weighted by molar-refractivity contribution is -0.141. The van der Waals surface area contributed by atoms with Crippen LogP contribution in [0, 0.1) is 5.92 Å². The molecule has 0 radical (unpaired) electrons. The van der Waals surface area contributed by atoms with Gasteiger partial charge in [-0.05, 0) is 25.2 Å². The third-order valence-corrected chi connectivity index (χ3v) is 5.14. The van der Waals surface area contributed by atoms with Gasteiger partial charge in [0.05, 0.1) is 6.20 Å². The molecule has 0 aromatic carbocycles. The number of aryl methyl sites for hydroxylation is 1. The van der Waals surface area contributed by atoms with E-state index in [1.165, 1.54) is 5.56 Å². The van der Waals surface area contributed by atoms with Crippen LogP contribution < -0.4 is 0 Å². The molecular weight excluding hydrogens is 276 g/mol. The molecule has 2 aliphatic heterocycles. The number of nitrogens with zero attached hydrogens (tertiary/aromatic N) is 4. The minimum atomic E-state index is 0.385. The van der Waals surface area contributed by atoms with E-state index in [1.54, 1.807) is 0 Å². The molecule has 5 heteroatoms. The Hall–Kier alpha value is -1.36. The maximum atomic E-state index is 12.2. The average Bonchev–Trinajstić information content (AvgIpc) is 2.91. The number of hydrogen-bond donors (Lipinski definition) is 0. The van der Waals surface area contributed by atoms with Crippen LogP contribution in [0.15, 0.2) is 12.4 Å². The van der Waals surface area contributed by atoms with Gasteiger partial charge in [-0.2, -0.15) is 5.10 Å². The lowest BCUT2D eigenvalue weighted by Gasteiger charge is -2.47. The number of fused-ring (bicyclic) bond motifs is 1. The molecule has 0 spiro atoms. The molecule has 0 unspecified atom stereocenters. The summed E-state index contributed by atoms with van der Waals surface area (Å²) in [7, 11) is 1.97. The molecule has 1 aromatic heterocycles. The van der Waals surface area contributed by atoms with E-state index in [1.807, 2.05) is 17.9 Å². The maximum Gasteiger partial charge on any atom is 0.222 e. The summed E-state index contributed by atoms with van der Waals surface area (Å²) in [5.74, 6) is 1.04. The molecule has 3 heterocycles. The monoisotopic (exact) mass is 304 g/mol. The van der Waals surface area contributed by atoms with Gasteiger partial charge < -0.3 is 4.90 Å². The second kappa shape index (κ2) is 6.82. The lowest BCUT2D eigenvalue weighted by Crippen LogP contribution is -2.55. The quantitative estimate of drug-likeness (QED) is 0.836. The number of likely N-dealkylation sites (tertiary alicyclic amines) is 2. The highest BCUT2D eigenvalue weighted by Crippen LogP contribution is 2.32. The molecule has 2 atom stereocenters. The summed E-state index contributed by atoms with van der Waals surface area (Å²) in [4.78, 5) is 17.0. The van der Waals surface area contributed by atoms with E-state index < -0.39 is 0 Å².